The second kappa shape index (κ2) is 3.28. The highest BCUT2D eigenvalue weighted by Crippen LogP contribution is 2.18. The fraction of sp³-hybridized carbons (Fsp3) is 0.333. The van der Waals surface area contributed by atoms with Gasteiger partial charge in [-0.05, 0) is 24.6 Å². The van der Waals surface area contributed by atoms with Crippen molar-refractivity contribution in [1.82, 2.24) is 0 Å². The predicted molar refractivity (Wildman–Crippen MR) is 44.6 cm³/mol. The van der Waals surface area contributed by atoms with E-state index in [1.807, 2.05) is 39.0 Å². The van der Waals surface area contributed by atoms with E-state index in [1.54, 1.807) is 0 Å². The molecule has 0 saturated heterocycles. The molecule has 0 aliphatic carbocycles. The maximum absolute atomic E-state index is 4.66. The molecule has 0 saturated carbocycles. The zero-order chi connectivity index (χ0) is 8.27. The van der Waals surface area contributed by atoms with Crippen molar-refractivity contribution in [3.05, 3.63) is 23.8 Å². The molecule has 0 atom stereocenters. The molecule has 2 aromatic rings. The Morgan fingerprint density at radius 3 is 2.00 bits per heavy atom. The fourth-order valence-electron chi connectivity index (χ4n) is 0.805. The number of hydrogen-bond donors (Lipinski definition) is 0. The minimum absolute atomic E-state index is 0.834. The average molecular weight is 152 g/mol. The van der Waals surface area contributed by atoms with Crippen molar-refractivity contribution in [3.63, 3.8) is 0 Å². The first-order chi connectivity index (χ1) is 5.36. The van der Waals surface area contributed by atoms with Crippen molar-refractivity contribution in [2.45, 2.75) is 20.8 Å². The van der Waals surface area contributed by atoms with Crippen molar-refractivity contribution < 1.29 is 9.15 Å². The fourth-order valence-corrected chi connectivity index (χ4v) is 0.805. The lowest BCUT2D eigenvalue weighted by Crippen LogP contribution is -1.76. The molecule has 1 aromatic carbocycles. The van der Waals surface area contributed by atoms with Crippen LogP contribution in [-0.2, 0) is 0 Å². The van der Waals surface area contributed by atoms with Gasteiger partial charge in [-0.1, -0.05) is 19.9 Å². The van der Waals surface area contributed by atoms with Crippen LogP contribution in [0.2, 0.25) is 0 Å². The molecule has 0 bridgehead atoms. The summed E-state index contributed by atoms with van der Waals surface area (Å²) in [5, 5.41) is 0. The Labute approximate surface area is 65.7 Å². The minimum atomic E-state index is 0.834. The standard InChI is InChI=1S/C7H6O2.C2H6/c1-5-2-3-6-7(4-5)9-8-6;1-2/h2-4H,1H3;1-2H3. The Hall–Kier alpha value is -1.18. The van der Waals surface area contributed by atoms with E-state index in [-0.39, 0.29) is 0 Å². The lowest BCUT2D eigenvalue weighted by Gasteiger charge is -1.96. The van der Waals surface area contributed by atoms with E-state index in [0.29, 0.717) is 0 Å². The third-order valence-electron chi connectivity index (χ3n) is 1.32. The molecule has 0 unspecified atom stereocenters. The van der Waals surface area contributed by atoms with Crippen LogP contribution in [0.15, 0.2) is 27.4 Å². The first-order valence-corrected chi connectivity index (χ1v) is 3.81. The summed E-state index contributed by atoms with van der Waals surface area (Å²) < 4.78 is 9.29. The molecule has 2 heteroatoms. The molecule has 1 aromatic heterocycles. The zero-order valence-electron chi connectivity index (χ0n) is 7.05. The monoisotopic (exact) mass is 152 g/mol. The van der Waals surface area contributed by atoms with E-state index in [1.165, 1.54) is 5.56 Å². The van der Waals surface area contributed by atoms with Gasteiger partial charge in [0, 0.05) is 0 Å². The smallest absolute Gasteiger partial charge is 0.225 e. The Bertz CT molecular complexity index is 317. The highest BCUT2D eigenvalue weighted by molar-refractivity contribution is 5.70. The third-order valence-corrected chi connectivity index (χ3v) is 1.32. The lowest BCUT2D eigenvalue weighted by atomic mass is 10.2. The topological polar surface area (TPSA) is 26.3 Å². The van der Waals surface area contributed by atoms with E-state index < -0.39 is 0 Å². The van der Waals surface area contributed by atoms with Gasteiger partial charge in [-0.25, -0.2) is 0 Å². The summed E-state index contributed by atoms with van der Waals surface area (Å²) >= 11 is 0. The number of rotatable bonds is 0. The summed E-state index contributed by atoms with van der Waals surface area (Å²) in [6.07, 6.45) is 0. The van der Waals surface area contributed by atoms with Crippen molar-refractivity contribution in [1.29, 1.82) is 0 Å². The van der Waals surface area contributed by atoms with Gasteiger partial charge < -0.3 is 0 Å². The molecule has 0 amide bonds. The number of fused-ring (bicyclic) bond motifs is 1. The van der Waals surface area contributed by atoms with Crippen molar-refractivity contribution >= 4 is 11.2 Å². The number of benzene rings is 1. The van der Waals surface area contributed by atoms with E-state index in [4.69, 9.17) is 0 Å². The molecule has 60 valence electrons. The molecule has 0 fully saturated rings. The molecule has 0 aliphatic heterocycles. The highest BCUT2D eigenvalue weighted by atomic mass is 17.0. The Morgan fingerprint density at radius 1 is 1.00 bits per heavy atom. The van der Waals surface area contributed by atoms with E-state index in [0.717, 1.165) is 11.2 Å². The van der Waals surface area contributed by atoms with Crippen LogP contribution >= 0.6 is 0 Å². The molecular formula is C9H12O2. The molecule has 0 spiro atoms. The van der Waals surface area contributed by atoms with Gasteiger partial charge in [-0.2, -0.15) is 0 Å². The van der Waals surface area contributed by atoms with Crippen molar-refractivity contribution in [2.75, 3.05) is 0 Å². The summed E-state index contributed by atoms with van der Waals surface area (Å²) in [7, 11) is 0. The van der Waals surface area contributed by atoms with Crippen LogP contribution in [0.5, 0.6) is 0 Å². The van der Waals surface area contributed by atoms with Crippen LogP contribution in [0.1, 0.15) is 19.4 Å². The Morgan fingerprint density at radius 2 is 1.64 bits per heavy atom. The summed E-state index contributed by atoms with van der Waals surface area (Å²) in [5.41, 5.74) is 2.87. The van der Waals surface area contributed by atoms with Gasteiger partial charge in [-0.15, -0.1) is 0 Å². The lowest BCUT2D eigenvalue weighted by molar-refractivity contribution is 0.0588. The highest BCUT2D eigenvalue weighted by Gasteiger charge is 2.01. The summed E-state index contributed by atoms with van der Waals surface area (Å²) in [5.74, 6) is 0. The SMILES string of the molecule is CC.Cc1ccc2ooc2c1. The van der Waals surface area contributed by atoms with E-state index in [2.05, 4.69) is 9.15 Å². The molecule has 2 rings (SSSR count). The van der Waals surface area contributed by atoms with Crippen LogP contribution in [0.25, 0.3) is 11.2 Å². The zero-order valence-corrected chi connectivity index (χ0v) is 7.05. The van der Waals surface area contributed by atoms with Crippen molar-refractivity contribution in [2.24, 2.45) is 0 Å². The molecule has 0 radical (unpaired) electrons. The maximum atomic E-state index is 4.66. The van der Waals surface area contributed by atoms with Crippen LogP contribution in [0.4, 0.5) is 0 Å². The minimum Gasteiger partial charge on any atom is -0.286 e. The van der Waals surface area contributed by atoms with Gasteiger partial charge in [0.2, 0.25) is 11.2 Å². The van der Waals surface area contributed by atoms with Gasteiger partial charge >= 0.3 is 0 Å². The van der Waals surface area contributed by atoms with Crippen molar-refractivity contribution in [3.8, 4) is 0 Å². The van der Waals surface area contributed by atoms with Crippen LogP contribution < -0.4 is 0 Å². The summed E-state index contributed by atoms with van der Waals surface area (Å²) in [6, 6.07) is 5.83. The van der Waals surface area contributed by atoms with Gasteiger partial charge in [0.25, 0.3) is 0 Å². The second-order valence-electron chi connectivity index (χ2n) is 2.12. The molecule has 0 N–H and O–H groups in total. The van der Waals surface area contributed by atoms with Gasteiger partial charge in [0.05, 0.1) is 0 Å². The molecule has 11 heavy (non-hydrogen) atoms. The quantitative estimate of drug-likeness (QED) is 0.541. The van der Waals surface area contributed by atoms with Gasteiger partial charge in [0.1, 0.15) is 0 Å². The average Bonchev–Trinajstić information content (AvgIpc) is 2.01. The first-order valence-electron chi connectivity index (χ1n) is 3.81. The van der Waals surface area contributed by atoms with Crippen LogP contribution in [0.3, 0.4) is 0 Å². The number of aryl methyl sites for hydroxylation is 1. The molecule has 0 aliphatic rings. The molecule has 1 heterocycles. The van der Waals surface area contributed by atoms with Gasteiger partial charge in [0.15, 0.2) is 0 Å². The summed E-state index contributed by atoms with van der Waals surface area (Å²) in [4.78, 5) is 0. The molecular weight excluding hydrogens is 140 g/mol. The van der Waals surface area contributed by atoms with E-state index in [9.17, 15) is 0 Å². The molecule has 2 nitrogen and oxygen atoms in total. The Balaban J connectivity index is 0.000000281. The Kier molecular flexibility index (Phi) is 2.36. The normalized spacial score (nSPS) is 9.36. The predicted octanol–water partition coefficient (Wildman–Crippen LogP) is 3.36. The van der Waals surface area contributed by atoms with Crippen LogP contribution in [-0.4, -0.2) is 0 Å². The number of hydrogen-bond acceptors (Lipinski definition) is 2. The maximum Gasteiger partial charge on any atom is 0.225 e. The van der Waals surface area contributed by atoms with Crippen LogP contribution in [0, 0.1) is 6.92 Å². The van der Waals surface area contributed by atoms with Gasteiger partial charge in [-0.3, -0.25) is 9.15 Å². The third kappa shape index (κ3) is 1.45. The largest absolute Gasteiger partial charge is 0.286 e. The summed E-state index contributed by atoms with van der Waals surface area (Å²) in [6.45, 7) is 6.02. The first kappa shape index (κ1) is 7.92. The second-order valence-corrected chi connectivity index (χ2v) is 2.12. The van der Waals surface area contributed by atoms with E-state index >= 15 is 0 Å².